The molecule has 0 amide bonds. The molecule has 0 bridgehead atoms. The minimum absolute atomic E-state index is 0.0630. The minimum atomic E-state index is 0.0630. The third-order valence-electron chi connectivity index (χ3n) is 3.03. The topological polar surface area (TPSA) is 41.5 Å². The fourth-order valence-corrected chi connectivity index (χ4v) is 2.49. The summed E-state index contributed by atoms with van der Waals surface area (Å²) in [6.45, 7) is 6.24. The number of fused-ring (bicyclic) bond motifs is 1. The Balaban J connectivity index is 2.22. The van der Waals surface area contributed by atoms with E-state index in [0.717, 1.165) is 12.1 Å². The number of hydrogen-bond acceptors (Lipinski definition) is 3. The Morgan fingerprint density at radius 3 is 2.92 bits per heavy atom. The number of ketones is 1. The monoisotopic (exact) mass is 180 g/mol. The fourth-order valence-electron chi connectivity index (χ4n) is 2.49. The van der Waals surface area contributed by atoms with Crippen molar-refractivity contribution >= 4 is 11.5 Å². The van der Waals surface area contributed by atoms with E-state index in [1.807, 2.05) is 6.92 Å². The predicted octanol–water partition coefficient (Wildman–Crippen LogP) is 1.34. The molecule has 0 saturated heterocycles. The van der Waals surface area contributed by atoms with Gasteiger partial charge in [-0.2, -0.15) is 5.10 Å². The van der Waals surface area contributed by atoms with Crippen LogP contribution in [0.5, 0.6) is 0 Å². The lowest BCUT2D eigenvalue weighted by molar-refractivity contribution is -0.126. The number of Topliss-reactive ketones (excluding diaryl/α,β-unsaturated/α-hetero) is 1. The second-order valence-electron chi connectivity index (χ2n) is 4.98. The van der Waals surface area contributed by atoms with Gasteiger partial charge in [0, 0.05) is 12.1 Å². The molecule has 3 heteroatoms. The molecule has 2 rings (SSSR count). The summed E-state index contributed by atoms with van der Waals surface area (Å²) < 4.78 is 0. The van der Waals surface area contributed by atoms with Gasteiger partial charge < -0.3 is 5.43 Å². The van der Waals surface area contributed by atoms with Gasteiger partial charge in [-0.15, -0.1) is 0 Å². The Morgan fingerprint density at radius 1 is 1.54 bits per heavy atom. The molecule has 1 fully saturated rings. The van der Waals surface area contributed by atoms with Crippen LogP contribution in [-0.4, -0.2) is 17.5 Å². The molecule has 1 aliphatic carbocycles. The van der Waals surface area contributed by atoms with E-state index in [1.165, 1.54) is 0 Å². The molecular weight excluding hydrogens is 164 g/mol. The number of nitrogens with one attached hydrogen (secondary N) is 1. The van der Waals surface area contributed by atoms with Crippen molar-refractivity contribution in [3.05, 3.63) is 0 Å². The van der Waals surface area contributed by atoms with Crippen molar-refractivity contribution in [2.75, 3.05) is 0 Å². The molecule has 3 nitrogen and oxygen atoms in total. The summed E-state index contributed by atoms with van der Waals surface area (Å²) >= 11 is 0. The Hall–Kier alpha value is -0.860. The molecule has 2 aliphatic rings. The van der Waals surface area contributed by atoms with E-state index in [4.69, 9.17) is 0 Å². The highest BCUT2D eigenvalue weighted by molar-refractivity contribution is 6.06. The van der Waals surface area contributed by atoms with Gasteiger partial charge in [0.1, 0.15) is 5.78 Å². The third kappa shape index (κ3) is 1.36. The zero-order chi connectivity index (χ0) is 9.64. The first kappa shape index (κ1) is 8.73. The number of rotatable bonds is 0. The van der Waals surface area contributed by atoms with Crippen LogP contribution in [0.2, 0.25) is 0 Å². The molecule has 0 radical (unpaired) electrons. The van der Waals surface area contributed by atoms with Gasteiger partial charge >= 0.3 is 0 Å². The van der Waals surface area contributed by atoms with E-state index in [9.17, 15) is 4.79 Å². The zero-order valence-electron chi connectivity index (χ0n) is 8.42. The predicted molar refractivity (Wildman–Crippen MR) is 51.5 cm³/mol. The van der Waals surface area contributed by atoms with E-state index in [1.54, 1.807) is 0 Å². The van der Waals surface area contributed by atoms with E-state index in [2.05, 4.69) is 24.4 Å². The van der Waals surface area contributed by atoms with Crippen LogP contribution < -0.4 is 5.43 Å². The number of nitrogens with zero attached hydrogens (tertiary/aromatic N) is 1. The smallest absolute Gasteiger partial charge is 0.144 e. The summed E-state index contributed by atoms with van der Waals surface area (Å²) in [6.07, 6.45) is 1.74. The number of hydrazone groups is 1. The van der Waals surface area contributed by atoms with Crippen LogP contribution in [0.15, 0.2) is 5.10 Å². The second kappa shape index (κ2) is 2.56. The molecule has 0 aromatic carbocycles. The van der Waals surface area contributed by atoms with Crippen LogP contribution >= 0.6 is 0 Å². The molecule has 13 heavy (non-hydrogen) atoms. The molecule has 0 aromatic rings. The molecule has 2 atom stereocenters. The average Bonchev–Trinajstić information content (AvgIpc) is 2.28. The molecule has 0 spiro atoms. The highest BCUT2D eigenvalue weighted by Gasteiger charge is 2.44. The standard InChI is InChI=1S/C10H16N2O/c1-6-9-7(12-11-6)4-10(2,3)5-8(9)13/h7,9,12H,4-5H2,1-3H3/t7-,9+/m0/s1. The van der Waals surface area contributed by atoms with E-state index in [-0.39, 0.29) is 17.4 Å². The van der Waals surface area contributed by atoms with Crippen molar-refractivity contribution < 1.29 is 4.79 Å². The Morgan fingerprint density at radius 2 is 2.23 bits per heavy atom. The summed E-state index contributed by atoms with van der Waals surface area (Å²) in [7, 11) is 0. The lowest BCUT2D eigenvalue weighted by Gasteiger charge is -2.35. The van der Waals surface area contributed by atoms with E-state index >= 15 is 0 Å². The molecule has 1 saturated carbocycles. The lowest BCUT2D eigenvalue weighted by Crippen LogP contribution is -2.44. The lowest BCUT2D eigenvalue weighted by atomic mass is 9.69. The largest absolute Gasteiger partial charge is 0.306 e. The summed E-state index contributed by atoms with van der Waals surface area (Å²) in [5.74, 6) is 0.417. The Bertz CT molecular complexity index is 281. The van der Waals surface area contributed by atoms with Crippen LogP contribution in [0.3, 0.4) is 0 Å². The van der Waals surface area contributed by atoms with Gasteiger partial charge in [-0.25, -0.2) is 0 Å². The first-order valence-corrected chi connectivity index (χ1v) is 4.82. The zero-order valence-corrected chi connectivity index (χ0v) is 8.42. The first-order chi connectivity index (χ1) is 5.99. The molecular formula is C10H16N2O. The molecule has 0 unspecified atom stereocenters. The molecule has 1 aliphatic heterocycles. The number of hydrogen-bond donors (Lipinski definition) is 1. The van der Waals surface area contributed by atoms with Gasteiger partial charge in [0.05, 0.1) is 12.0 Å². The third-order valence-corrected chi connectivity index (χ3v) is 3.03. The van der Waals surface area contributed by atoms with Gasteiger partial charge in [0.2, 0.25) is 0 Å². The van der Waals surface area contributed by atoms with Gasteiger partial charge in [-0.1, -0.05) is 13.8 Å². The SMILES string of the molecule is CC1=NN[C@H]2CC(C)(C)CC(=O)[C@H]12. The Labute approximate surface area is 78.6 Å². The molecule has 1 heterocycles. The summed E-state index contributed by atoms with van der Waals surface area (Å²) in [4.78, 5) is 11.8. The van der Waals surface area contributed by atoms with E-state index in [0.29, 0.717) is 12.2 Å². The van der Waals surface area contributed by atoms with Crippen LogP contribution in [0.25, 0.3) is 0 Å². The number of carbonyl (C=O) groups excluding carboxylic acids is 1. The second-order valence-corrected chi connectivity index (χ2v) is 4.98. The van der Waals surface area contributed by atoms with Gasteiger partial charge in [-0.3, -0.25) is 4.79 Å². The quantitative estimate of drug-likeness (QED) is 0.611. The first-order valence-electron chi connectivity index (χ1n) is 4.82. The van der Waals surface area contributed by atoms with E-state index < -0.39 is 0 Å². The molecule has 0 aromatic heterocycles. The fraction of sp³-hybridized carbons (Fsp3) is 0.800. The molecule has 72 valence electrons. The number of carbonyl (C=O) groups is 1. The van der Waals surface area contributed by atoms with Crippen molar-refractivity contribution in [3.8, 4) is 0 Å². The summed E-state index contributed by atoms with van der Waals surface area (Å²) in [5.41, 5.74) is 4.17. The highest BCUT2D eigenvalue weighted by atomic mass is 16.1. The van der Waals surface area contributed by atoms with Crippen LogP contribution in [0.1, 0.15) is 33.6 Å². The maximum absolute atomic E-state index is 11.8. The van der Waals surface area contributed by atoms with Crippen molar-refractivity contribution in [1.29, 1.82) is 0 Å². The minimum Gasteiger partial charge on any atom is -0.306 e. The van der Waals surface area contributed by atoms with Gasteiger partial charge in [-0.05, 0) is 18.8 Å². The summed E-state index contributed by atoms with van der Waals surface area (Å²) in [6, 6.07) is 0.260. The average molecular weight is 180 g/mol. The van der Waals surface area contributed by atoms with Crippen molar-refractivity contribution in [2.45, 2.75) is 39.7 Å². The Kier molecular flexibility index (Phi) is 1.72. The maximum atomic E-state index is 11.8. The summed E-state index contributed by atoms with van der Waals surface area (Å²) in [5, 5.41) is 4.14. The van der Waals surface area contributed by atoms with Crippen molar-refractivity contribution in [3.63, 3.8) is 0 Å². The van der Waals surface area contributed by atoms with Gasteiger partial charge in [0.15, 0.2) is 0 Å². The van der Waals surface area contributed by atoms with Crippen molar-refractivity contribution in [1.82, 2.24) is 5.43 Å². The maximum Gasteiger partial charge on any atom is 0.144 e. The van der Waals surface area contributed by atoms with Crippen LogP contribution in [0.4, 0.5) is 0 Å². The highest BCUT2D eigenvalue weighted by Crippen LogP contribution is 2.38. The normalized spacial score (nSPS) is 36.5. The van der Waals surface area contributed by atoms with Crippen LogP contribution in [-0.2, 0) is 4.79 Å². The molecule has 1 N–H and O–H groups in total. The van der Waals surface area contributed by atoms with Crippen molar-refractivity contribution in [2.24, 2.45) is 16.4 Å². The van der Waals surface area contributed by atoms with Crippen LogP contribution in [0, 0.1) is 11.3 Å². The van der Waals surface area contributed by atoms with Gasteiger partial charge in [0.25, 0.3) is 0 Å².